The SMILES string of the molecule is N#CC(NC(=O)COCC(F)(F)F)C1CCCCC1. The second-order valence-corrected chi connectivity index (χ2v) is 4.68. The van der Waals surface area contributed by atoms with E-state index in [1.165, 1.54) is 0 Å². The van der Waals surface area contributed by atoms with Crippen LogP contribution in [0.25, 0.3) is 0 Å². The Labute approximate surface area is 109 Å². The van der Waals surface area contributed by atoms with Crippen LogP contribution in [-0.4, -0.2) is 31.3 Å². The average molecular weight is 278 g/mol. The first-order valence-corrected chi connectivity index (χ1v) is 6.26. The molecule has 0 saturated heterocycles. The molecular weight excluding hydrogens is 261 g/mol. The third-order valence-corrected chi connectivity index (χ3v) is 3.08. The molecular formula is C12H17F3N2O2. The molecule has 108 valence electrons. The first-order valence-electron chi connectivity index (χ1n) is 6.26. The fourth-order valence-corrected chi connectivity index (χ4v) is 2.20. The molecule has 0 aromatic carbocycles. The molecule has 1 saturated carbocycles. The topological polar surface area (TPSA) is 62.1 Å². The van der Waals surface area contributed by atoms with Crippen molar-refractivity contribution in [1.29, 1.82) is 5.26 Å². The summed E-state index contributed by atoms with van der Waals surface area (Å²) in [5.41, 5.74) is 0. The van der Waals surface area contributed by atoms with Gasteiger partial charge in [-0.15, -0.1) is 0 Å². The minimum atomic E-state index is -4.45. The van der Waals surface area contributed by atoms with E-state index in [1.54, 1.807) is 0 Å². The number of nitrogens with one attached hydrogen (secondary N) is 1. The Balaban J connectivity index is 2.31. The molecule has 0 bridgehead atoms. The Hall–Kier alpha value is -1.29. The number of carbonyl (C=O) groups excluding carboxylic acids is 1. The van der Waals surface area contributed by atoms with Gasteiger partial charge in [0.1, 0.15) is 19.3 Å². The third-order valence-electron chi connectivity index (χ3n) is 3.08. The normalized spacial score (nSPS) is 18.6. The van der Waals surface area contributed by atoms with Gasteiger partial charge in [-0.3, -0.25) is 4.79 Å². The van der Waals surface area contributed by atoms with Crippen molar-refractivity contribution >= 4 is 5.91 Å². The molecule has 7 heteroatoms. The van der Waals surface area contributed by atoms with E-state index >= 15 is 0 Å². The zero-order chi connectivity index (χ0) is 14.3. The maximum atomic E-state index is 11.8. The molecule has 0 aromatic rings. The van der Waals surface area contributed by atoms with Gasteiger partial charge in [-0.05, 0) is 18.8 Å². The van der Waals surface area contributed by atoms with Crippen molar-refractivity contribution in [2.75, 3.05) is 13.2 Å². The number of ether oxygens (including phenoxy) is 1. The highest BCUT2D eigenvalue weighted by atomic mass is 19.4. The van der Waals surface area contributed by atoms with Gasteiger partial charge in [-0.2, -0.15) is 18.4 Å². The van der Waals surface area contributed by atoms with Gasteiger partial charge in [-0.1, -0.05) is 19.3 Å². The molecule has 0 heterocycles. The first kappa shape index (κ1) is 15.8. The van der Waals surface area contributed by atoms with Gasteiger partial charge < -0.3 is 10.1 Å². The molecule has 1 rings (SSSR count). The lowest BCUT2D eigenvalue weighted by molar-refractivity contribution is -0.175. The predicted octanol–water partition coefficient (Wildman–Crippen LogP) is 2.15. The fourth-order valence-electron chi connectivity index (χ4n) is 2.20. The van der Waals surface area contributed by atoms with E-state index in [-0.39, 0.29) is 5.92 Å². The van der Waals surface area contributed by atoms with Gasteiger partial charge in [0, 0.05) is 0 Å². The maximum absolute atomic E-state index is 11.8. The summed E-state index contributed by atoms with van der Waals surface area (Å²) in [6, 6.07) is 1.36. The Morgan fingerprint density at radius 3 is 2.53 bits per heavy atom. The van der Waals surface area contributed by atoms with E-state index in [2.05, 4.69) is 10.1 Å². The average Bonchev–Trinajstić information content (AvgIpc) is 2.35. The van der Waals surface area contributed by atoms with Crippen LogP contribution in [0.5, 0.6) is 0 Å². The van der Waals surface area contributed by atoms with Gasteiger partial charge in [0.15, 0.2) is 0 Å². The molecule has 0 aromatic heterocycles. The molecule has 0 spiro atoms. The second-order valence-electron chi connectivity index (χ2n) is 4.68. The zero-order valence-corrected chi connectivity index (χ0v) is 10.5. The second kappa shape index (κ2) is 7.34. The highest BCUT2D eigenvalue weighted by molar-refractivity contribution is 5.77. The number of nitrogens with zero attached hydrogens (tertiary/aromatic N) is 1. The Morgan fingerprint density at radius 2 is 2.00 bits per heavy atom. The van der Waals surface area contributed by atoms with Crippen LogP contribution in [0.15, 0.2) is 0 Å². The summed E-state index contributed by atoms with van der Waals surface area (Å²) in [5.74, 6) is -0.591. The maximum Gasteiger partial charge on any atom is 0.411 e. The van der Waals surface area contributed by atoms with Crippen LogP contribution in [0.4, 0.5) is 13.2 Å². The summed E-state index contributed by atoms with van der Waals surface area (Å²) in [6.45, 7) is -2.13. The molecule has 19 heavy (non-hydrogen) atoms. The minimum absolute atomic E-state index is 0.0883. The summed E-state index contributed by atoms with van der Waals surface area (Å²) >= 11 is 0. The number of hydrogen-bond donors (Lipinski definition) is 1. The smallest absolute Gasteiger partial charge is 0.362 e. The Morgan fingerprint density at radius 1 is 1.37 bits per heavy atom. The number of hydrogen-bond acceptors (Lipinski definition) is 3. The van der Waals surface area contributed by atoms with Crippen LogP contribution < -0.4 is 5.32 Å². The quantitative estimate of drug-likeness (QED) is 0.838. The molecule has 1 aliphatic rings. The fraction of sp³-hybridized carbons (Fsp3) is 0.833. The van der Waals surface area contributed by atoms with Gasteiger partial charge in [-0.25, -0.2) is 0 Å². The number of rotatable bonds is 5. The van der Waals surface area contributed by atoms with Gasteiger partial charge in [0.05, 0.1) is 6.07 Å². The predicted molar refractivity (Wildman–Crippen MR) is 61.0 cm³/mol. The van der Waals surface area contributed by atoms with Crippen LogP contribution in [0.3, 0.4) is 0 Å². The van der Waals surface area contributed by atoms with E-state index in [1.807, 2.05) is 6.07 Å². The number of nitriles is 1. The van der Waals surface area contributed by atoms with Gasteiger partial charge in [0.2, 0.25) is 5.91 Å². The minimum Gasteiger partial charge on any atom is -0.362 e. The molecule has 1 fully saturated rings. The molecule has 1 unspecified atom stereocenters. The summed E-state index contributed by atoms with van der Waals surface area (Å²) in [7, 11) is 0. The van der Waals surface area contributed by atoms with Gasteiger partial charge in [0.25, 0.3) is 0 Å². The molecule has 4 nitrogen and oxygen atoms in total. The van der Waals surface area contributed by atoms with Crippen LogP contribution >= 0.6 is 0 Å². The van der Waals surface area contributed by atoms with Crippen molar-refractivity contribution in [1.82, 2.24) is 5.32 Å². The summed E-state index contributed by atoms with van der Waals surface area (Å²) in [6.07, 6.45) is 0.436. The zero-order valence-electron chi connectivity index (χ0n) is 10.5. The number of carbonyl (C=O) groups is 1. The lowest BCUT2D eigenvalue weighted by atomic mass is 9.84. The Kier molecular flexibility index (Phi) is 6.09. The highest BCUT2D eigenvalue weighted by Crippen LogP contribution is 2.26. The molecule has 1 amide bonds. The van der Waals surface area contributed by atoms with Crippen molar-refractivity contribution in [3.63, 3.8) is 0 Å². The van der Waals surface area contributed by atoms with E-state index < -0.39 is 31.3 Å². The third kappa shape index (κ3) is 6.43. The molecule has 0 radical (unpaired) electrons. The van der Waals surface area contributed by atoms with E-state index in [0.717, 1.165) is 32.1 Å². The Bertz CT molecular complexity index is 333. The van der Waals surface area contributed by atoms with E-state index in [0.29, 0.717) is 0 Å². The first-order chi connectivity index (χ1) is 8.92. The molecule has 1 N–H and O–H groups in total. The number of amides is 1. The van der Waals surface area contributed by atoms with Crippen LogP contribution in [-0.2, 0) is 9.53 Å². The standard InChI is InChI=1S/C12H17F3N2O2/c13-12(14,15)8-19-7-11(18)17-10(6-16)9-4-2-1-3-5-9/h9-10H,1-5,7-8H2,(H,17,18). The van der Waals surface area contributed by atoms with Crippen LogP contribution in [0.2, 0.25) is 0 Å². The highest BCUT2D eigenvalue weighted by Gasteiger charge is 2.29. The van der Waals surface area contributed by atoms with E-state index in [9.17, 15) is 18.0 Å². The van der Waals surface area contributed by atoms with Crippen molar-refractivity contribution in [3.05, 3.63) is 0 Å². The van der Waals surface area contributed by atoms with Crippen molar-refractivity contribution in [2.24, 2.45) is 5.92 Å². The largest absolute Gasteiger partial charge is 0.411 e. The van der Waals surface area contributed by atoms with Crippen molar-refractivity contribution < 1.29 is 22.7 Å². The molecule has 1 aliphatic carbocycles. The summed E-state index contributed by atoms with van der Waals surface area (Å²) in [4.78, 5) is 11.4. The number of halogens is 3. The monoisotopic (exact) mass is 278 g/mol. The van der Waals surface area contributed by atoms with Crippen LogP contribution in [0, 0.1) is 17.2 Å². The lowest BCUT2D eigenvalue weighted by Crippen LogP contribution is -2.42. The van der Waals surface area contributed by atoms with Crippen molar-refractivity contribution in [2.45, 2.75) is 44.3 Å². The van der Waals surface area contributed by atoms with Gasteiger partial charge >= 0.3 is 6.18 Å². The summed E-state index contributed by atoms with van der Waals surface area (Å²) in [5, 5.41) is 11.4. The number of alkyl halides is 3. The lowest BCUT2D eigenvalue weighted by Gasteiger charge is -2.26. The van der Waals surface area contributed by atoms with Crippen LogP contribution in [0.1, 0.15) is 32.1 Å². The molecule has 0 aliphatic heterocycles. The molecule has 1 atom stereocenters. The van der Waals surface area contributed by atoms with E-state index in [4.69, 9.17) is 5.26 Å². The summed E-state index contributed by atoms with van der Waals surface area (Å²) < 4.78 is 39.7. The van der Waals surface area contributed by atoms with Crippen molar-refractivity contribution in [3.8, 4) is 6.07 Å².